The second-order valence-electron chi connectivity index (χ2n) is 5.40. The number of carbonyl (C=O) groups excluding carboxylic acids is 2. The third kappa shape index (κ3) is 4.04. The third-order valence-corrected chi connectivity index (χ3v) is 4.48. The molecule has 0 aliphatic heterocycles. The molecule has 3 aromatic rings. The number of thiazole rings is 1. The highest BCUT2D eigenvalue weighted by molar-refractivity contribution is 7.13. The summed E-state index contributed by atoms with van der Waals surface area (Å²) in [6, 6.07) is 16.5. The maximum atomic E-state index is 12.5. The predicted molar refractivity (Wildman–Crippen MR) is 104 cm³/mol. The highest BCUT2D eigenvalue weighted by Crippen LogP contribution is 2.24. The molecular weight excluding hydrogens is 346 g/mol. The Labute approximate surface area is 155 Å². The molecule has 1 aromatic heterocycles. The van der Waals surface area contributed by atoms with Crippen LogP contribution in [0.15, 0.2) is 72.6 Å². The molecule has 2 amide bonds. The van der Waals surface area contributed by atoms with Crippen molar-refractivity contribution in [1.29, 1.82) is 0 Å². The minimum Gasteiger partial charge on any atom is -0.349 e. The van der Waals surface area contributed by atoms with Crippen LogP contribution in [-0.2, 0) is 0 Å². The van der Waals surface area contributed by atoms with E-state index in [1.807, 2.05) is 30.3 Å². The molecule has 1 heterocycles. The van der Waals surface area contributed by atoms with Gasteiger partial charge in [-0.2, -0.15) is 0 Å². The van der Waals surface area contributed by atoms with Crippen LogP contribution in [0, 0.1) is 0 Å². The van der Waals surface area contributed by atoms with E-state index in [1.165, 1.54) is 11.3 Å². The van der Waals surface area contributed by atoms with Crippen LogP contribution < -0.4 is 10.6 Å². The summed E-state index contributed by atoms with van der Waals surface area (Å²) >= 11 is 1.40. The fraction of sp³-hybridized carbons (Fsp3) is 0.0500. The van der Waals surface area contributed by atoms with Crippen molar-refractivity contribution in [2.75, 3.05) is 11.9 Å². The van der Waals surface area contributed by atoms with Gasteiger partial charge < -0.3 is 10.6 Å². The van der Waals surface area contributed by atoms with E-state index in [9.17, 15) is 9.59 Å². The van der Waals surface area contributed by atoms with E-state index in [2.05, 4.69) is 22.2 Å². The first-order valence-corrected chi connectivity index (χ1v) is 8.87. The number of aromatic nitrogens is 1. The van der Waals surface area contributed by atoms with Gasteiger partial charge in [0.05, 0.1) is 11.3 Å². The van der Waals surface area contributed by atoms with Crippen molar-refractivity contribution in [2.45, 2.75) is 0 Å². The average Bonchev–Trinajstić information content (AvgIpc) is 3.17. The number of rotatable bonds is 6. The summed E-state index contributed by atoms with van der Waals surface area (Å²) in [5.74, 6) is -0.628. The van der Waals surface area contributed by atoms with Gasteiger partial charge in [-0.1, -0.05) is 48.5 Å². The van der Waals surface area contributed by atoms with Crippen molar-refractivity contribution >= 4 is 28.8 Å². The molecule has 0 spiro atoms. The summed E-state index contributed by atoms with van der Waals surface area (Å²) in [7, 11) is 0. The van der Waals surface area contributed by atoms with E-state index >= 15 is 0 Å². The number of para-hydroxylation sites is 1. The molecule has 130 valence electrons. The molecule has 0 aliphatic carbocycles. The van der Waals surface area contributed by atoms with Gasteiger partial charge in [0.15, 0.2) is 0 Å². The number of carbonyl (C=O) groups is 2. The molecule has 5 nitrogen and oxygen atoms in total. The monoisotopic (exact) mass is 363 g/mol. The lowest BCUT2D eigenvalue weighted by molar-refractivity contribution is 0.0959. The topological polar surface area (TPSA) is 71.1 Å². The number of benzene rings is 2. The van der Waals surface area contributed by atoms with Gasteiger partial charge in [0, 0.05) is 17.5 Å². The summed E-state index contributed by atoms with van der Waals surface area (Å²) in [5.41, 5.74) is 2.10. The van der Waals surface area contributed by atoms with E-state index in [0.29, 0.717) is 23.5 Å². The van der Waals surface area contributed by atoms with E-state index in [0.717, 1.165) is 10.6 Å². The minimum atomic E-state index is -0.354. The Kier molecular flexibility index (Phi) is 5.56. The Morgan fingerprint density at radius 1 is 1.04 bits per heavy atom. The smallest absolute Gasteiger partial charge is 0.275 e. The van der Waals surface area contributed by atoms with Crippen molar-refractivity contribution in [3.8, 4) is 10.6 Å². The van der Waals surface area contributed by atoms with Crippen LogP contribution in [0.2, 0.25) is 0 Å². The number of hydrogen-bond donors (Lipinski definition) is 2. The molecule has 0 fully saturated rings. The van der Waals surface area contributed by atoms with Gasteiger partial charge in [-0.25, -0.2) is 4.98 Å². The maximum absolute atomic E-state index is 12.5. The molecular formula is C20H17N3O2S. The third-order valence-electron chi connectivity index (χ3n) is 3.58. The lowest BCUT2D eigenvalue weighted by atomic mass is 10.1. The van der Waals surface area contributed by atoms with E-state index in [1.54, 1.807) is 35.7 Å². The number of nitrogens with one attached hydrogen (secondary N) is 2. The Morgan fingerprint density at radius 3 is 2.54 bits per heavy atom. The molecule has 26 heavy (non-hydrogen) atoms. The predicted octanol–water partition coefficient (Wildman–Crippen LogP) is 3.98. The Balaban J connectivity index is 1.78. The van der Waals surface area contributed by atoms with Crippen LogP contribution in [0.1, 0.15) is 20.8 Å². The molecule has 0 aliphatic rings. The molecule has 2 N–H and O–H groups in total. The summed E-state index contributed by atoms with van der Waals surface area (Å²) in [6.45, 7) is 3.93. The largest absolute Gasteiger partial charge is 0.349 e. The average molecular weight is 363 g/mol. The quantitative estimate of drug-likeness (QED) is 0.651. The van der Waals surface area contributed by atoms with Crippen LogP contribution >= 0.6 is 11.3 Å². The van der Waals surface area contributed by atoms with E-state index in [-0.39, 0.29) is 11.8 Å². The van der Waals surface area contributed by atoms with Crippen LogP contribution in [-0.4, -0.2) is 23.3 Å². The lowest BCUT2D eigenvalue weighted by Crippen LogP contribution is -2.25. The number of anilines is 1. The standard InChI is InChI=1S/C20H17N3O2S/c1-2-12-21-18(24)15-10-6-7-11-16(15)22-19(25)17-13-26-20(23-17)14-8-4-3-5-9-14/h2-11,13H,1,12H2,(H,21,24)(H,22,25). The van der Waals surface area contributed by atoms with Crippen molar-refractivity contribution in [3.63, 3.8) is 0 Å². The lowest BCUT2D eigenvalue weighted by Gasteiger charge is -2.10. The number of amides is 2. The molecule has 0 atom stereocenters. The molecule has 2 aromatic carbocycles. The molecule has 0 radical (unpaired) electrons. The van der Waals surface area contributed by atoms with Crippen LogP contribution in [0.25, 0.3) is 10.6 Å². The van der Waals surface area contributed by atoms with Crippen molar-refractivity contribution in [2.24, 2.45) is 0 Å². The summed E-state index contributed by atoms with van der Waals surface area (Å²) < 4.78 is 0. The maximum Gasteiger partial charge on any atom is 0.275 e. The van der Waals surface area contributed by atoms with Gasteiger partial charge in [-0.05, 0) is 12.1 Å². The fourth-order valence-electron chi connectivity index (χ4n) is 2.33. The number of nitrogens with zero attached hydrogens (tertiary/aromatic N) is 1. The molecule has 0 saturated heterocycles. The summed E-state index contributed by atoms with van der Waals surface area (Å²) in [5, 5.41) is 7.95. The summed E-state index contributed by atoms with van der Waals surface area (Å²) in [6.07, 6.45) is 1.60. The zero-order chi connectivity index (χ0) is 18.4. The highest BCUT2D eigenvalue weighted by atomic mass is 32.1. The fourth-order valence-corrected chi connectivity index (χ4v) is 3.13. The second kappa shape index (κ2) is 8.22. The zero-order valence-electron chi connectivity index (χ0n) is 13.9. The Hall–Kier alpha value is -3.25. The first-order chi connectivity index (χ1) is 12.7. The SMILES string of the molecule is C=CCNC(=O)c1ccccc1NC(=O)c1csc(-c2ccccc2)n1. The first-order valence-electron chi connectivity index (χ1n) is 7.99. The highest BCUT2D eigenvalue weighted by Gasteiger charge is 2.16. The Morgan fingerprint density at radius 2 is 1.77 bits per heavy atom. The molecule has 3 rings (SSSR count). The molecule has 0 saturated carbocycles. The van der Waals surface area contributed by atoms with E-state index < -0.39 is 0 Å². The molecule has 0 unspecified atom stereocenters. The first kappa shape index (κ1) is 17.6. The van der Waals surface area contributed by atoms with Crippen LogP contribution in [0.4, 0.5) is 5.69 Å². The van der Waals surface area contributed by atoms with Crippen molar-refractivity contribution < 1.29 is 9.59 Å². The zero-order valence-corrected chi connectivity index (χ0v) is 14.8. The van der Waals surface area contributed by atoms with Crippen molar-refractivity contribution in [1.82, 2.24) is 10.3 Å². The molecule has 0 bridgehead atoms. The van der Waals surface area contributed by atoms with Gasteiger partial charge in [-0.15, -0.1) is 17.9 Å². The number of hydrogen-bond acceptors (Lipinski definition) is 4. The van der Waals surface area contributed by atoms with Gasteiger partial charge in [0.25, 0.3) is 11.8 Å². The van der Waals surface area contributed by atoms with Crippen molar-refractivity contribution in [3.05, 3.63) is 83.9 Å². The van der Waals surface area contributed by atoms with Gasteiger partial charge in [0.2, 0.25) is 0 Å². The van der Waals surface area contributed by atoms with E-state index in [4.69, 9.17) is 0 Å². The molecule has 6 heteroatoms. The van der Waals surface area contributed by atoms with Gasteiger partial charge >= 0.3 is 0 Å². The second-order valence-corrected chi connectivity index (χ2v) is 6.26. The Bertz CT molecular complexity index is 935. The van der Waals surface area contributed by atoms with Crippen LogP contribution in [0.5, 0.6) is 0 Å². The van der Waals surface area contributed by atoms with Gasteiger partial charge in [-0.3, -0.25) is 9.59 Å². The van der Waals surface area contributed by atoms with Gasteiger partial charge in [0.1, 0.15) is 10.7 Å². The van der Waals surface area contributed by atoms with Crippen LogP contribution in [0.3, 0.4) is 0 Å². The minimum absolute atomic E-state index is 0.274. The normalized spacial score (nSPS) is 10.2. The summed E-state index contributed by atoms with van der Waals surface area (Å²) in [4.78, 5) is 29.1.